The molecule has 0 saturated heterocycles. The van der Waals surface area contributed by atoms with Crippen LogP contribution in [-0.2, 0) is 16.9 Å². The van der Waals surface area contributed by atoms with Crippen molar-refractivity contribution in [3.8, 4) is 5.75 Å². The lowest BCUT2D eigenvalue weighted by atomic mass is 9.79. The normalized spacial score (nSPS) is 18.3. The molecule has 3 aromatic rings. The van der Waals surface area contributed by atoms with Crippen molar-refractivity contribution >= 4 is 17.1 Å². The summed E-state index contributed by atoms with van der Waals surface area (Å²) in [5.74, 6) is 1.57. The smallest absolute Gasteiger partial charge is 0.256 e. The third-order valence-corrected chi connectivity index (χ3v) is 6.36. The Morgan fingerprint density at radius 2 is 1.94 bits per heavy atom. The Bertz CT molecular complexity index is 1150. The summed E-state index contributed by atoms with van der Waals surface area (Å²) in [6, 6.07) is 10.0. The van der Waals surface area contributed by atoms with E-state index in [0.717, 1.165) is 42.2 Å². The highest BCUT2D eigenvalue weighted by atomic mass is 16.5. The average Bonchev–Trinajstić information content (AvgIpc) is 3.51. The number of unbranched alkanes of at least 4 members (excludes halogenated alkanes) is 3. The molecule has 186 valence electrons. The highest BCUT2D eigenvalue weighted by Crippen LogP contribution is 2.40. The lowest BCUT2D eigenvalue weighted by molar-refractivity contribution is -0.117. The van der Waals surface area contributed by atoms with E-state index in [2.05, 4.69) is 41.3 Å². The predicted molar refractivity (Wildman–Crippen MR) is 136 cm³/mol. The zero-order valence-corrected chi connectivity index (χ0v) is 21.2. The predicted octanol–water partition coefficient (Wildman–Crippen LogP) is 4.96. The number of aromatic amines is 1. The Morgan fingerprint density at radius 3 is 2.63 bits per heavy atom. The minimum Gasteiger partial charge on any atom is -0.494 e. The Balaban J connectivity index is 1.60. The van der Waals surface area contributed by atoms with Crippen molar-refractivity contribution in [1.82, 2.24) is 30.3 Å². The molecule has 1 aliphatic rings. The van der Waals surface area contributed by atoms with Crippen LogP contribution in [0.4, 0.5) is 0 Å². The minimum atomic E-state index is -0.600. The fraction of sp³-hybridized carbons (Fsp3) is 0.481. The molecule has 4 rings (SSSR count). The van der Waals surface area contributed by atoms with Crippen molar-refractivity contribution in [1.29, 1.82) is 0 Å². The number of rotatable bonds is 11. The van der Waals surface area contributed by atoms with Gasteiger partial charge in [-0.2, -0.15) is 10.2 Å². The molecule has 0 saturated carbocycles. The van der Waals surface area contributed by atoms with Gasteiger partial charge in [-0.05, 0) is 48.6 Å². The molecule has 0 spiro atoms. The van der Waals surface area contributed by atoms with Crippen molar-refractivity contribution in [2.45, 2.75) is 71.9 Å². The summed E-state index contributed by atoms with van der Waals surface area (Å²) in [5.41, 5.74) is 2.54. The van der Waals surface area contributed by atoms with Crippen molar-refractivity contribution in [3.63, 3.8) is 0 Å². The number of hydrogen-bond acceptors (Lipinski definition) is 5. The summed E-state index contributed by atoms with van der Waals surface area (Å²) < 4.78 is 7.84. The van der Waals surface area contributed by atoms with Crippen LogP contribution in [-0.4, -0.2) is 37.5 Å². The molecule has 2 aromatic heterocycles. The summed E-state index contributed by atoms with van der Waals surface area (Å²) in [4.78, 5) is 17.7. The second-order valence-corrected chi connectivity index (χ2v) is 9.90. The number of nitrogens with zero attached hydrogens (tertiary/aromatic N) is 4. The van der Waals surface area contributed by atoms with Crippen LogP contribution in [0.2, 0.25) is 0 Å². The molecule has 1 aromatic carbocycles. The number of aromatic nitrogens is 5. The van der Waals surface area contributed by atoms with Crippen molar-refractivity contribution in [3.05, 3.63) is 59.9 Å². The third kappa shape index (κ3) is 5.81. The highest BCUT2D eigenvalue weighted by Gasteiger charge is 2.39. The van der Waals surface area contributed by atoms with E-state index < -0.39 is 5.54 Å². The number of carbonyl (C=O) groups excluding carboxylic acids is 1. The Kier molecular flexibility index (Phi) is 7.68. The number of hydrogen-bond donors (Lipinski definition) is 2. The van der Waals surface area contributed by atoms with Crippen LogP contribution in [0.15, 0.2) is 42.9 Å². The largest absolute Gasteiger partial charge is 0.494 e. The van der Waals surface area contributed by atoms with Gasteiger partial charge in [0.15, 0.2) is 5.82 Å². The van der Waals surface area contributed by atoms with E-state index in [0.29, 0.717) is 23.7 Å². The number of H-pyrrole nitrogens is 1. The number of benzene rings is 1. The van der Waals surface area contributed by atoms with Gasteiger partial charge in [-0.1, -0.05) is 52.2 Å². The maximum Gasteiger partial charge on any atom is 0.256 e. The van der Waals surface area contributed by atoms with E-state index in [1.54, 1.807) is 0 Å². The monoisotopic (exact) mass is 476 g/mol. The Hall–Kier alpha value is -3.42. The van der Waals surface area contributed by atoms with Crippen molar-refractivity contribution in [2.24, 2.45) is 5.92 Å². The molecular formula is C27H36N6O2. The van der Waals surface area contributed by atoms with Crippen LogP contribution in [0.25, 0.3) is 11.1 Å². The van der Waals surface area contributed by atoms with Crippen LogP contribution in [0.3, 0.4) is 0 Å². The van der Waals surface area contributed by atoms with Crippen molar-refractivity contribution < 1.29 is 9.53 Å². The maximum atomic E-state index is 13.4. The first kappa shape index (κ1) is 24.7. The first-order chi connectivity index (χ1) is 16.9. The lowest BCUT2D eigenvalue weighted by Gasteiger charge is -2.37. The summed E-state index contributed by atoms with van der Waals surface area (Å²) in [6.45, 7) is 10.1. The quantitative estimate of drug-likeness (QED) is 0.381. The average molecular weight is 477 g/mol. The van der Waals surface area contributed by atoms with E-state index in [1.807, 2.05) is 48.1 Å². The molecule has 8 nitrogen and oxygen atoms in total. The first-order valence-corrected chi connectivity index (χ1v) is 12.6. The lowest BCUT2D eigenvalue weighted by Crippen LogP contribution is -2.47. The van der Waals surface area contributed by atoms with Gasteiger partial charge in [-0.25, -0.2) is 4.98 Å². The summed E-state index contributed by atoms with van der Waals surface area (Å²) in [5, 5.41) is 14.8. The van der Waals surface area contributed by atoms with E-state index in [9.17, 15) is 4.79 Å². The van der Waals surface area contributed by atoms with Gasteiger partial charge in [-0.15, -0.1) is 0 Å². The van der Waals surface area contributed by atoms with Gasteiger partial charge in [0.05, 0.1) is 23.4 Å². The van der Waals surface area contributed by atoms with Gasteiger partial charge in [0, 0.05) is 19.2 Å². The molecule has 0 fully saturated rings. The summed E-state index contributed by atoms with van der Waals surface area (Å²) >= 11 is 0. The second kappa shape index (κ2) is 10.9. The molecule has 1 atom stereocenters. The summed E-state index contributed by atoms with van der Waals surface area (Å²) in [6.07, 6.45) is 8.66. The molecule has 8 heteroatoms. The molecule has 0 aliphatic carbocycles. The maximum absolute atomic E-state index is 13.4. The van der Waals surface area contributed by atoms with Crippen LogP contribution in [0.1, 0.15) is 76.9 Å². The summed E-state index contributed by atoms with van der Waals surface area (Å²) in [7, 11) is 0. The van der Waals surface area contributed by atoms with E-state index in [1.165, 1.54) is 25.6 Å². The van der Waals surface area contributed by atoms with Crippen molar-refractivity contribution in [2.75, 3.05) is 6.61 Å². The van der Waals surface area contributed by atoms with E-state index in [4.69, 9.17) is 9.84 Å². The van der Waals surface area contributed by atoms with Crippen LogP contribution >= 0.6 is 0 Å². The zero-order chi connectivity index (χ0) is 24.8. The molecule has 0 radical (unpaired) electrons. The van der Waals surface area contributed by atoms with Gasteiger partial charge in [0.25, 0.3) is 5.91 Å². The number of carbonyl (C=O) groups is 1. The van der Waals surface area contributed by atoms with Gasteiger partial charge in [0.2, 0.25) is 0 Å². The second-order valence-electron chi connectivity index (χ2n) is 9.90. The number of ether oxygens (including phenoxy) is 1. The fourth-order valence-electron chi connectivity index (χ4n) is 4.54. The topological polar surface area (TPSA) is 97.7 Å². The molecule has 0 unspecified atom stereocenters. The minimum absolute atomic E-state index is 0.194. The van der Waals surface area contributed by atoms with Gasteiger partial charge in [-0.3, -0.25) is 14.6 Å². The fourth-order valence-corrected chi connectivity index (χ4v) is 4.54. The zero-order valence-electron chi connectivity index (χ0n) is 21.2. The standard InChI is InChI=1S/C27H36N6O2/c1-5-6-7-8-15-35-21-11-9-20(10-12-21)27(4)16-22(23-13-14-33(32-23)17-19(2)3)24(26(34)30-27)25-28-18-29-31-25/h9-14,18-19H,5-8,15-17H2,1-4H3,(H,30,34)(H,28,29,31)/t27-/m0/s1. The van der Waals surface area contributed by atoms with Gasteiger partial charge in [0.1, 0.15) is 12.1 Å². The van der Waals surface area contributed by atoms with Crippen LogP contribution < -0.4 is 10.1 Å². The molecule has 1 aliphatic heterocycles. The molecule has 0 bridgehead atoms. The number of amides is 1. The van der Waals surface area contributed by atoms with E-state index in [-0.39, 0.29) is 5.91 Å². The SMILES string of the molecule is CCCCCCOc1ccc([C@]2(C)CC(c3ccn(CC(C)C)n3)=C(c3ncn[nH]3)C(=O)N2)cc1. The Morgan fingerprint density at radius 1 is 1.14 bits per heavy atom. The molecule has 3 heterocycles. The molecule has 1 amide bonds. The van der Waals surface area contributed by atoms with Crippen LogP contribution in [0, 0.1) is 5.92 Å². The molecule has 2 N–H and O–H groups in total. The Labute approximate surface area is 207 Å². The molecule has 35 heavy (non-hydrogen) atoms. The van der Waals surface area contributed by atoms with Gasteiger partial charge >= 0.3 is 0 Å². The molecular weight excluding hydrogens is 440 g/mol. The van der Waals surface area contributed by atoms with Crippen LogP contribution in [0.5, 0.6) is 5.75 Å². The highest BCUT2D eigenvalue weighted by molar-refractivity contribution is 6.27. The van der Waals surface area contributed by atoms with Gasteiger partial charge < -0.3 is 10.1 Å². The first-order valence-electron chi connectivity index (χ1n) is 12.6. The third-order valence-electron chi connectivity index (χ3n) is 6.36. The number of nitrogens with one attached hydrogen (secondary N) is 2. The van der Waals surface area contributed by atoms with E-state index >= 15 is 0 Å².